The molecule has 0 bridgehead atoms. The molecule has 2 amide bonds. The summed E-state index contributed by atoms with van der Waals surface area (Å²) in [7, 11) is 0. The highest BCUT2D eigenvalue weighted by atomic mass is 19.4. The average Bonchev–Trinajstić information content (AvgIpc) is 2.98. The second kappa shape index (κ2) is 7.03. The third-order valence-electron chi connectivity index (χ3n) is 5.46. The first-order chi connectivity index (χ1) is 13.8. The molecule has 4 rings (SSSR count). The fourth-order valence-corrected chi connectivity index (χ4v) is 4.25. The number of nitriles is 1. The molecular formula is C20H16F4N4O. The molecule has 2 aliphatic rings. The summed E-state index contributed by atoms with van der Waals surface area (Å²) < 4.78 is 53.9. The zero-order valence-corrected chi connectivity index (χ0v) is 15.2. The minimum Gasteiger partial charge on any atom is -0.289 e. The first-order valence-corrected chi connectivity index (χ1v) is 9.16. The molecule has 0 radical (unpaired) electrons. The van der Waals surface area contributed by atoms with Crippen LogP contribution >= 0.6 is 0 Å². The molecule has 2 heterocycles. The summed E-state index contributed by atoms with van der Waals surface area (Å²) in [5.74, 6) is -0.737. The van der Waals surface area contributed by atoms with E-state index in [-0.39, 0.29) is 17.8 Å². The van der Waals surface area contributed by atoms with Crippen LogP contribution in [0.15, 0.2) is 36.5 Å². The molecule has 29 heavy (non-hydrogen) atoms. The molecule has 0 spiro atoms. The van der Waals surface area contributed by atoms with Gasteiger partial charge in [0.15, 0.2) is 0 Å². The Morgan fingerprint density at radius 2 is 1.66 bits per heavy atom. The topological polar surface area (TPSA) is 60.2 Å². The molecule has 1 aliphatic heterocycles. The lowest BCUT2D eigenvalue weighted by atomic mass is 9.89. The SMILES string of the molecule is N#Cc1ccc(N2C(=O)N(c3ccnc(F)c3)C3CCCCC32)cc1C(F)(F)F. The Hall–Kier alpha value is -3.15. The van der Waals surface area contributed by atoms with Crippen molar-refractivity contribution in [3.8, 4) is 6.07 Å². The molecule has 9 heteroatoms. The molecule has 2 aromatic rings. The van der Waals surface area contributed by atoms with E-state index in [2.05, 4.69) is 4.98 Å². The lowest BCUT2D eigenvalue weighted by Crippen LogP contribution is -2.40. The third-order valence-corrected chi connectivity index (χ3v) is 5.46. The highest BCUT2D eigenvalue weighted by molar-refractivity contribution is 6.07. The van der Waals surface area contributed by atoms with E-state index in [1.165, 1.54) is 28.1 Å². The summed E-state index contributed by atoms with van der Waals surface area (Å²) in [6.07, 6.45) is -0.466. The predicted molar refractivity (Wildman–Crippen MR) is 96.8 cm³/mol. The van der Waals surface area contributed by atoms with Gasteiger partial charge in [0.05, 0.1) is 35.0 Å². The Morgan fingerprint density at radius 3 is 2.21 bits per heavy atom. The van der Waals surface area contributed by atoms with Gasteiger partial charge in [-0.05, 0) is 37.1 Å². The van der Waals surface area contributed by atoms with Crippen molar-refractivity contribution < 1.29 is 22.4 Å². The maximum Gasteiger partial charge on any atom is 0.417 e. The summed E-state index contributed by atoms with van der Waals surface area (Å²) in [4.78, 5) is 19.6. The summed E-state index contributed by atoms with van der Waals surface area (Å²) in [6, 6.07) is 6.37. The van der Waals surface area contributed by atoms with Crippen LogP contribution in [0.5, 0.6) is 0 Å². The van der Waals surface area contributed by atoms with Gasteiger partial charge in [-0.2, -0.15) is 22.8 Å². The molecule has 0 N–H and O–H groups in total. The van der Waals surface area contributed by atoms with Crippen molar-refractivity contribution in [3.63, 3.8) is 0 Å². The minimum atomic E-state index is -4.72. The van der Waals surface area contributed by atoms with E-state index in [0.29, 0.717) is 18.5 Å². The molecule has 2 fully saturated rings. The van der Waals surface area contributed by atoms with Crippen molar-refractivity contribution in [2.24, 2.45) is 0 Å². The van der Waals surface area contributed by atoms with Crippen LogP contribution in [0.3, 0.4) is 0 Å². The number of halogens is 4. The number of hydrogen-bond acceptors (Lipinski definition) is 3. The lowest BCUT2D eigenvalue weighted by molar-refractivity contribution is -0.137. The van der Waals surface area contributed by atoms with Gasteiger partial charge in [0.1, 0.15) is 0 Å². The van der Waals surface area contributed by atoms with Crippen molar-refractivity contribution in [3.05, 3.63) is 53.6 Å². The van der Waals surface area contributed by atoms with Crippen molar-refractivity contribution in [1.82, 2.24) is 4.98 Å². The Labute approximate surface area is 164 Å². The van der Waals surface area contributed by atoms with E-state index in [0.717, 1.165) is 31.0 Å². The van der Waals surface area contributed by atoms with Crippen LogP contribution in [0.1, 0.15) is 36.8 Å². The second-order valence-electron chi connectivity index (χ2n) is 7.12. The fraction of sp³-hybridized carbons (Fsp3) is 0.350. The van der Waals surface area contributed by atoms with E-state index < -0.39 is 29.3 Å². The van der Waals surface area contributed by atoms with Crippen molar-refractivity contribution >= 4 is 17.4 Å². The molecule has 5 nitrogen and oxygen atoms in total. The Morgan fingerprint density at radius 1 is 1.03 bits per heavy atom. The average molecular weight is 404 g/mol. The number of fused-ring (bicyclic) bond motifs is 1. The quantitative estimate of drug-likeness (QED) is 0.530. The lowest BCUT2D eigenvalue weighted by Gasteiger charge is -2.32. The van der Waals surface area contributed by atoms with Crippen LogP contribution in [0.2, 0.25) is 0 Å². The van der Waals surface area contributed by atoms with Gasteiger partial charge in [-0.3, -0.25) is 9.80 Å². The highest BCUT2D eigenvalue weighted by Crippen LogP contribution is 2.42. The number of alkyl halides is 3. The van der Waals surface area contributed by atoms with Crippen LogP contribution < -0.4 is 9.80 Å². The zero-order chi connectivity index (χ0) is 20.8. The van der Waals surface area contributed by atoms with Crippen LogP contribution in [0.4, 0.5) is 33.7 Å². The van der Waals surface area contributed by atoms with Gasteiger partial charge >= 0.3 is 12.2 Å². The Balaban J connectivity index is 1.80. The normalized spacial score (nSPS) is 21.8. The molecule has 1 aromatic heterocycles. The van der Waals surface area contributed by atoms with Crippen LogP contribution in [0.25, 0.3) is 0 Å². The molecule has 2 atom stereocenters. The van der Waals surface area contributed by atoms with Crippen molar-refractivity contribution in [2.45, 2.75) is 43.9 Å². The smallest absolute Gasteiger partial charge is 0.289 e. The van der Waals surface area contributed by atoms with Gasteiger partial charge in [-0.1, -0.05) is 12.8 Å². The van der Waals surface area contributed by atoms with Gasteiger partial charge < -0.3 is 0 Å². The number of pyridine rings is 1. The van der Waals surface area contributed by atoms with Crippen molar-refractivity contribution in [2.75, 3.05) is 9.80 Å². The van der Waals surface area contributed by atoms with E-state index >= 15 is 0 Å². The van der Waals surface area contributed by atoms with E-state index in [1.54, 1.807) is 6.07 Å². The van der Waals surface area contributed by atoms with Crippen LogP contribution in [0, 0.1) is 17.3 Å². The fourth-order valence-electron chi connectivity index (χ4n) is 4.25. The van der Waals surface area contributed by atoms with Gasteiger partial charge in [0, 0.05) is 18.0 Å². The second-order valence-corrected chi connectivity index (χ2v) is 7.12. The summed E-state index contributed by atoms with van der Waals surface area (Å²) in [5, 5.41) is 9.01. The third kappa shape index (κ3) is 3.28. The molecule has 1 aromatic carbocycles. The first kappa shape index (κ1) is 19.2. The molecule has 150 valence electrons. The largest absolute Gasteiger partial charge is 0.417 e. The number of nitrogens with zero attached hydrogens (tertiary/aromatic N) is 4. The van der Waals surface area contributed by atoms with Crippen LogP contribution in [-0.2, 0) is 6.18 Å². The monoisotopic (exact) mass is 404 g/mol. The minimum absolute atomic E-state index is 0.0789. The zero-order valence-electron chi connectivity index (χ0n) is 15.2. The maximum atomic E-state index is 13.6. The number of hydrogen-bond donors (Lipinski definition) is 0. The number of carbonyl (C=O) groups is 1. The number of anilines is 2. The number of urea groups is 1. The summed E-state index contributed by atoms with van der Waals surface area (Å²) in [5.41, 5.74) is -1.17. The van der Waals surface area contributed by atoms with E-state index in [1.807, 2.05) is 0 Å². The number of amides is 2. The molecule has 1 saturated heterocycles. The van der Waals surface area contributed by atoms with Gasteiger partial charge in [-0.15, -0.1) is 0 Å². The Kier molecular flexibility index (Phi) is 4.65. The number of aromatic nitrogens is 1. The van der Waals surface area contributed by atoms with Crippen molar-refractivity contribution in [1.29, 1.82) is 5.26 Å². The molecule has 2 unspecified atom stereocenters. The summed E-state index contributed by atoms with van der Waals surface area (Å²) in [6.45, 7) is 0. The molecule has 1 aliphatic carbocycles. The number of carbonyl (C=O) groups excluding carboxylic acids is 1. The predicted octanol–water partition coefficient (Wildman–Crippen LogP) is 4.87. The number of rotatable bonds is 2. The van der Waals surface area contributed by atoms with E-state index in [4.69, 9.17) is 5.26 Å². The molecule has 1 saturated carbocycles. The van der Waals surface area contributed by atoms with Crippen LogP contribution in [-0.4, -0.2) is 23.1 Å². The molecular weight excluding hydrogens is 388 g/mol. The van der Waals surface area contributed by atoms with Gasteiger partial charge in [-0.25, -0.2) is 9.78 Å². The Bertz CT molecular complexity index is 1000. The maximum absolute atomic E-state index is 13.6. The number of benzene rings is 1. The van der Waals surface area contributed by atoms with Gasteiger partial charge in [0.25, 0.3) is 0 Å². The standard InChI is InChI=1S/C20H16F4N4O/c21-18-10-14(7-8-26-18)28-17-4-2-1-3-16(17)27(19(28)29)13-6-5-12(11-25)15(9-13)20(22,23)24/h5-10,16-17H,1-4H2. The van der Waals surface area contributed by atoms with Gasteiger partial charge in [0.2, 0.25) is 5.95 Å². The first-order valence-electron chi connectivity index (χ1n) is 9.16. The summed E-state index contributed by atoms with van der Waals surface area (Å²) >= 11 is 0. The van der Waals surface area contributed by atoms with E-state index in [9.17, 15) is 22.4 Å². The highest BCUT2D eigenvalue weighted by Gasteiger charge is 2.48.